The van der Waals surface area contributed by atoms with Crippen LogP contribution >= 0.6 is 11.8 Å². The van der Waals surface area contributed by atoms with E-state index in [0.717, 1.165) is 4.90 Å². The van der Waals surface area contributed by atoms with Gasteiger partial charge in [-0.15, -0.1) is 11.8 Å². The maximum absolute atomic E-state index is 13.2. The minimum atomic E-state index is -4.93. The van der Waals surface area contributed by atoms with Gasteiger partial charge in [0.25, 0.3) is 0 Å². The largest absolute Gasteiger partial charge is 0.481 e. The van der Waals surface area contributed by atoms with Gasteiger partial charge in [-0.1, -0.05) is 6.92 Å². The summed E-state index contributed by atoms with van der Waals surface area (Å²) in [4.78, 5) is 38.1. The van der Waals surface area contributed by atoms with Crippen molar-refractivity contribution in [2.24, 2.45) is 5.41 Å². The average molecular weight is 368 g/mol. The Bertz CT molecular complexity index is 543. The molecule has 0 aromatic rings. The zero-order valence-electron chi connectivity index (χ0n) is 13.1. The number of carbonyl (C=O) groups excluding carboxylic acids is 2. The van der Waals surface area contributed by atoms with Crippen molar-refractivity contribution in [3.8, 4) is 0 Å². The molecule has 1 N–H and O–H groups in total. The van der Waals surface area contributed by atoms with Crippen molar-refractivity contribution in [1.29, 1.82) is 0 Å². The summed E-state index contributed by atoms with van der Waals surface area (Å²) in [5, 5.41) is 9.05. The molecule has 2 fully saturated rings. The highest BCUT2D eigenvalue weighted by Crippen LogP contribution is 2.46. The van der Waals surface area contributed by atoms with Crippen LogP contribution in [0.4, 0.5) is 13.2 Å². The van der Waals surface area contributed by atoms with Gasteiger partial charge in [0.1, 0.15) is 6.04 Å². The van der Waals surface area contributed by atoms with Crippen LogP contribution in [-0.4, -0.2) is 69.6 Å². The fourth-order valence-corrected chi connectivity index (χ4v) is 4.16. The smallest absolute Gasteiger partial charge is 0.406 e. The summed E-state index contributed by atoms with van der Waals surface area (Å²) in [5.41, 5.74) is -2.92. The van der Waals surface area contributed by atoms with Crippen LogP contribution in [0.15, 0.2) is 0 Å². The van der Waals surface area contributed by atoms with Crippen molar-refractivity contribution in [2.45, 2.75) is 38.4 Å². The van der Waals surface area contributed by atoms with E-state index < -0.39 is 42.5 Å². The number of nitrogens with zero attached hydrogens (tertiary/aromatic N) is 2. The van der Waals surface area contributed by atoms with E-state index in [1.807, 2.05) is 6.92 Å². The molecule has 24 heavy (non-hydrogen) atoms. The highest BCUT2D eigenvalue weighted by atomic mass is 32.2. The molecule has 2 rings (SSSR count). The Labute approximate surface area is 141 Å². The van der Waals surface area contributed by atoms with Crippen molar-refractivity contribution in [1.82, 2.24) is 9.80 Å². The quantitative estimate of drug-likeness (QED) is 0.815. The van der Waals surface area contributed by atoms with Crippen LogP contribution in [0.1, 0.15) is 26.2 Å². The van der Waals surface area contributed by atoms with Crippen molar-refractivity contribution in [3.63, 3.8) is 0 Å². The number of aliphatic carboxylic acids is 1. The summed E-state index contributed by atoms with van der Waals surface area (Å²) in [6.45, 7) is 0.645. The molecule has 6 nitrogen and oxygen atoms in total. The third-order valence-electron chi connectivity index (χ3n) is 4.48. The van der Waals surface area contributed by atoms with E-state index in [1.54, 1.807) is 0 Å². The second-order valence-corrected chi connectivity index (χ2v) is 7.02. The van der Waals surface area contributed by atoms with Gasteiger partial charge >= 0.3 is 12.1 Å². The number of carbonyl (C=O) groups is 3. The minimum Gasteiger partial charge on any atom is -0.481 e. The van der Waals surface area contributed by atoms with E-state index >= 15 is 0 Å². The molecule has 2 heterocycles. The number of alkyl halides is 3. The van der Waals surface area contributed by atoms with Gasteiger partial charge in [0.05, 0.1) is 5.88 Å². The van der Waals surface area contributed by atoms with E-state index in [-0.39, 0.29) is 18.9 Å². The molecule has 2 amide bonds. The normalized spacial score (nSPS) is 27.6. The van der Waals surface area contributed by atoms with Crippen molar-refractivity contribution in [2.75, 3.05) is 24.7 Å². The van der Waals surface area contributed by atoms with Crippen molar-refractivity contribution < 1.29 is 32.7 Å². The number of likely N-dealkylation sites (tertiary alicyclic amines) is 1. The number of amides is 2. The number of thioether (sulfide) groups is 1. The Morgan fingerprint density at radius 2 is 2.00 bits per heavy atom. The molecule has 0 saturated carbocycles. The lowest BCUT2D eigenvalue weighted by atomic mass is 9.86. The first-order valence-electron chi connectivity index (χ1n) is 7.60. The molecule has 2 saturated heterocycles. The van der Waals surface area contributed by atoms with Gasteiger partial charge in [0, 0.05) is 25.3 Å². The first-order valence-corrected chi connectivity index (χ1v) is 8.75. The standard InChI is InChI=1S/C14H19F3N2O4S/c1-2-3-10(20)19-8-24-6-9(19)11(21)18-5-4-13(7-18,12(22)23)14(15,16)17/h9H,2-8H2,1H3,(H,22,23). The van der Waals surface area contributed by atoms with E-state index in [2.05, 4.69) is 0 Å². The lowest BCUT2D eigenvalue weighted by molar-refractivity contribution is -0.227. The first kappa shape index (κ1) is 18.9. The summed E-state index contributed by atoms with van der Waals surface area (Å²) in [6.07, 6.45) is -4.72. The van der Waals surface area contributed by atoms with Crippen LogP contribution in [-0.2, 0) is 14.4 Å². The van der Waals surface area contributed by atoms with Crippen LogP contribution < -0.4 is 0 Å². The summed E-state index contributed by atoms with van der Waals surface area (Å²) in [5.74, 6) is -2.13. The molecule has 0 spiro atoms. The van der Waals surface area contributed by atoms with Gasteiger partial charge < -0.3 is 14.9 Å². The van der Waals surface area contributed by atoms with Crippen LogP contribution in [0.25, 0.3) is 0 Å². The van der Waals surface area contributed by atoms with Gasteiger partial charge in [-0.2, -0.15) is 13.2 Å². The molecule has 2 atom stereocenters. The van der Waals surface area contributed by atoms with Crippen LogP contribution in [0.2, 0.25) is 0 Å². The SMILES string of the molecule is CCCC(=O)N1CSCC1C(=O)N1CCC(C(=O)O)(C(F)(F)F)C1. The van der Waals surface area contributed by atoms with Gasteiger partial charge in [0.15, 0.2) is 5.41 Å². The predicted molar refractivity (Wildman–Crippen MR) is 80.2 cm³/mol. The molecule has 0 aromatic heterocycles. The predicted octanol–water partition coefficient (Wildman–Crippen LogP) is 1.55. The highest BCUT2D eigenvalue weighted by Gasteiger charge is 2.64. The first-order chi connectivity index (χ1) is 11.1. The number of halogens is 3. The summed E-state index contributed by atoms with van der Waals surface area (Å²) in [7, 11) is 0. The molecular weight excluding hydrogens is 349 g/mol. The van der Waals surface area contributed by atoms with E-state index in [1.165, 1.54) is 16.7 Å². The van der Waals surface area contributed by atoms with Gasteiger partial charge in [-0.05, 0) is 12.8 Å². The zero-order chi connectivity index (χ0) is 18.1. The molecule has 2 unspecified atom stereocenters. The summed E-state index contributed by atoms with van der Waals surface area (Å²) < 4.78 is 39.6. The second kappa shape index (κ2) is 6.81. The fraction of sp³-hybridized carbons (Fsp3) is 0.786. The number of hydrogen-bond acceptors (Lipinski definition) is 4. The summed E-state index contributed by atoms with van der Waals surface area (Å²) >= 11 is 1.36. The molecular formula is C14H19F3N2O4S. The number of hydrogen-bond donors (Lipinski definition) is 1. The lowest BCUT2D eigenvalue weighted by Crippen LogP contribution is -2.51. The molecule has 0 aromatic carbocycles. The molecule has 0 radical (unpaired) electrons. The minimum absolute atomic E-state index is 0.208. The second-order valence-electron chi connectivity index (χ2n) is 6.02. The van der Waals surface area contributed by atoms with Crippen molar-refractivity contribution in [3.05, 3.63) is 0 Å². The molecule has 0 aliphatic carbocycles. The Kier molecular flexibility index (Phi) is 5.36. The Hall–Kier alpha value is -1.45. The molecule has 2 aliphatic rings. The third-order valence-corrected chi connectivity index (χ3v) is 5.50. The van der Waals surface area contributed by atoms with Gasteiger partial charge in [0.2, 0.25) is 11.8 Å². The average Bonchev–Trinajstić information content (AvgIpc) is 3.14. The van der Waals surface area contributed by atoms with Crippen LogP contribution in [0, 0.1) is 5.41 Å². The van der Waals surface area contributed by atoms with Crippen LogP contribution in [0.5, 0.6) is 0 Å². The topological polar surface area (TPSA) is 77.9 Å². The van der Waals surface area contributed by atoms with E-state index in [0.29, 0.717) is 18.1 Å². The van der Waals surface area contributed by atoms with Crippen molar-refractivity contribution >= 4 is 29.5 Å². The Morgan fingerprint density at radius 3 is 2.50 bits per heavy atom. The van der Waals surface area contributed by atoms with Gasteiger partial charge in [-0.25, -0.2) is 0 Å². The van der Waals surface area contributed by atoms with E-state index in [9.17, 15) is 27.6 Å². The Balaban J connectivity index is 2.14. The maximum atomic E-state index is 13.2. The number of carboxylic acids is 1. The molecule has 136 valence electrons. The van der Waals surface area contributed by atoms with E-state index in [4.69, 9.17) is 5.11 Å². The molecule has 0 bridgehead atoms. The molecule has 2 aliphatic heterocycles. The monoisotopic (exact) mass is 368 g/mol. The highest BCUT2D eigenvalue weighted by molar-refractivity contribution is 7.99. The van der Waals surface area contributed by atoms with Crippen LogP contribution in [0.3, 0.4) is 0 Å². The zero-order valence-corrected chi connectivity index (χ0v) is 14.0. The Morgan fingerprint density at radius 1 is 1.33 bits per heavy atom. The number of rotatable bonds is 4. The third kappa shape index (κ3) is 3.20. The molecule has 10 heteroatoms. The fourth-order valence-electron chi connectivity index (χ4n) is 2.99. The summed E-state index contributed by atoms with van der Waals surface area (Å²) in [6, 6.07) is -0.813. The lowest BCUT2D eigenvalue weighted by Gasteiger charge is -2.30. The number of carboxylic acid groups (broad SMARTS) is 1. The van der Waals surface area contributed by atoms with Gasteiger partial charge in [-0.3, -0.25) is 14.4 Å². The maximum Gasteiger partial charge on any atom is 0.406 e.